The molecule has 1 amide bonds. The molecule has 2 atom stereocenters. The van der Waals surface area contributed by atoms with Gasteiger partial charge in [-0.15, -0.1) is 0 Å². The van der Waals surface area contributed by atoms with Gasteiger partial charge in [0.05, 0.1) is 11.7 Å². The van der Waals surface area contributed by atoms with Gasteiger partial charge < -0.3 is 10.2 Å². The molecule has 0 radical (unpaired) electrons. The minimum absolute atomic E-state index is 0.0490. The standard InChI is InChI=1S/C19H25N7O/c1-12-21-16-11-20-5-4-14(16)18(22-12)25-6-8-26(9-7-25)19-23-15(13-2-3-13)10-17(27)24-19/h4-5,11,13,15,19,23H,2-3,6-10H2,1H3,(H,24,27). The van der Waals surface area contributed by atoms with Gasteiger partial charge in [-0.3, -0.25) is 20.0 Å². The maximum absolute atomic E-state index is 12.1. The van der Waals surface area contributed by atoms with E-state index in [2.05, 4.69) is 30.4 Å². The predicted molar refractivity (Wildman–Crippen MR) is 102 cm³/mol. The number of nitrogens with one attached hydrogen (secondary N) is 2. The molecule has 4 heterocycles. The Morgan fingerprint density at radius 3 is 2.74 bits per heavy atom. The van der Waals surface area contributed by atoms with Crippen molar-refractivity contribution >= 4 is 22.6 Å². The molecule has 2 aromatic heterocycles. The number of hydrogen-bond acceptors (Lipinski definition) is 7. The molecular formula is C19H25N7O. The van der Waals surface area contributed by atoms with E-state index in [0.29, 0.717) is 18.4 Å². The van der Waals surface area contributed by atoms with Crippen molar-refractivity contribution < 1.29 is 4.79 Å². The highest BCUT2D eigenvalue weighted by Gasteiger charge is 2.39. The molecule has 2 aliphatic heterocycles. The number of carbonyl (C=O) groups excluding carboxylic acids is 1. The van der Waals surface area contributed by atoms with Gasteiger partial charge in [0, 0.05) is 50.2 Å². The van der Waals surface area contributed by atoms with Gasteiger partial charge in [0.2, 0.25) is 5.91 Å². The zero-order chi connectivity index (χ0) is 18.4. The predicted octanol–water partition coefficient (Wildman–Crippen LogP) is 0.627. The van der Waals surface area contributed by atoms with E-state index < -0.39 is 0 Å². The first kappa shape index (κ1) is 16.8. The largest absolute Gasteiger partial charge is 0.353 e. The lowest BCUT2D eigenvalue weighted by atomic mass is 10.1. The van der Waals surface area contributed by atoms with E-state index in [4.69, 9.17) is 4.98 Å². The van der Waals surface area contributed by atoms with E-state index >= 15 is 0 Å². The Kier molecular flexibility index (Phi) is 4.17. The molecule has 2 unspecified atom stereocenters. The van der Waals surface area contributed by atoms with Gasteiger partial charge in [0.15, 0.2) is 0 Å². The van der Waals surface area contributed by atoms with E-state index in [9.17, 15) is 4.79 Å². The summed E-state index contributed by atoms with van der Waals surface area (Å²) in [5.41, 5.74) is 0.885. The first-order valence-electron chi connectivity index (χ1n) is 9.80. The fourth-order valence-corrected chi connectivity index (χ4v) is 4.22. The lowest BCUT2D eigenvalue weighted by Crippen LogP contribution is -2.67. The number of rotatable bonds is 3. The number of pyridine rings is 1. The number of nitrogens with zero attached hydrogens (tertiary/aromatic N) is 5. The number of fused-ring (bicyclic) bond motifs is 1. The first-order valence-corrected chi connectivity index (χ1v) is 9.80. The van der Waals surface area contributed by atoms with Gasteiger partial charge >= 0.3 is 0 Å². The maximum atomic E-state index is 12.1. The van der Waals surface area contributed by atoms with E-state index in [1.807, 2.05) is 13.0 Å². The van der Waals surface area contributed by atoms with Crippen LogP contribution in [0.15, 0.2) is 18.5 Å². The van der Waals surface area contributed by atoms with Crippen molar-refractivity contribution in [1.82, 2.24) is 30.5 Å². The number of aryl methyl sites for hydroxylation is 1. The number of piperazine rings is 1. The molecule has 5 rings (SSSR count). The fraction of sp³-hybridized carbons (Fsp3) is 0.579. The zero-order valence-electron chi connectivity index (χ0n) is 15.6. The zero-order valence-corrected chi connectivity index (χ0v) is 15.6. The summed E-state index contributed by atoms with van der Waals surface area (Å²) in [6.45, 7) is 5.42. The van der Waals surface area contributed by atoms with Gasteiger partial charge in [-0.2, -0.15) is 0 Å². The second kappa shape index (κ2) is 6.69. The van der Waals surface area contributed by atoms with Crippen LogP contribution in [-0.4, -0.2) is 64.3 Å². The molecule has 0 spiro atoms. The Morgan fingerprint density at radius 2 is 1.96 bits per heavy atom. The molecule has 2 N–H and O–H groups in total. The van der Waals surface area contributed by atoms with E-state index in [1.54, 1.807) is 12.4 Å². The van der Waals surface area contributed by atoms with Crippen molar-refractivity contribution in [3.63, 3.8) is 0 Å². The van der Waals surface area contributed by atoms with Crippen LogP contribution in [0.1, 0.15) is 25.1 Å². The number of carbonyl (C=O) groups is 1. The number of aromatic nitrogens is 3. The average Bonchev–Trinajstić information content (AvgIpc) is 3.52. The van der Waals surface area contributed by atoms with E-state index in [1.165, 1.54) is 12.8 Å². The minimum Gasteiger partial charge on any atom is -0.353 e. The lowest BCUT2D eigenvalue weighted by Gasteiger charge is -2.43. The SMILES string of the molecule is Cc1nc(N2CCN(C3NC(=O)CC(C4CC4)N3)CC2)c2ccncc2n1. The molecule has 3 aliphatic rings. The van der Waals surface area contributed by atoms with E-state index in [-0.39, 0.29) is 12.2 Å². The topological polar surface area (TPSA) is 86.3 Å². The third-order valence-corrected chi connectivity index (χ3v) is 5.84. The van der Waals surface area contributed by atoms with Crippen LogP contribution in [0.3, 0.4) is 0 Å². The van der Waals surface area contributed by atoms with Crippen LogP contribution in [0.25, 0.3) is 10.9 Å². The smallest absolute Gasteiger partial charge is 0.223 e. The Balaban J connectivity index is 1.30. The number of amides is 1. The molecule has 2 saturated heterocycles. The third kappa shape index (κ3) is 3.35. The van der Waals surface area contributed by atoms with Crippen molar-refractivity contribution in [2.75, 3.05) is 31.1 Å². The molecule has 0 bridgehead atoms. The van der Waals surface area contributed by atoms with Crippen LogP contribution in [0.5, 0.6) is 0 Å². The van der Waals surface area contributed by atoms with Crippen molar-refractivity contribution in [3.05, 3.63) is 24.3 Å². The molecule has 142 valence electrons. The molecule has 8 heteroatoms. The van der Waals surface area contributed by atoms with Crippen molar-refractivity contribution in [2.24, 2.45) is 5.92 Å². The molecule has 1 saturated carbocycles. The molecule has 1 aliphatic carbocycles. The third-order valence-electron chi connectivity index (χ3n) is 5.84. The lowest BCUT2D eigenvalue weighted by molar-refractivity contribution is -0.127. The monoisotopic (exact) mass is 367 g/mol. The highest BCUT2D eigenvalue weighted by molar-refractivity contribution is 5.88. The number of hydrogen-bond donors (Lipinski definition) is 2. The Morgan fingerprint density at radius 1 is 1.15 bits per heavy atom. The Labute approximate surface area is 158 Å². The second-order valence-electron chi connectivity index (χ2n) is 7.80. The Bertz CT molecular complexity index is 860. The number of anilines is 1. The molecular weight excluding hydrogens is 342 g/mol. The van der Waals surface area contributed by atoms with Crippen molar-refractivity contribution in [1.29, 1.82) is 0 Å². The van der Waals surface area contributed by atoms with E-state index in [0.717, 1.165) is 48.7 Å². The van der Waals surface area contributed by atoms with Gasteiger partial charge in [-0.05, 0) is 31.7 Å². The van der Waals surface area contributed by atoms with Gasteiger partial charge in [-0.1, -0.05) is 0 Å². The Hall–Kier alpha value is -2.32. The molecule has 0 aromatic carbocycles. The highest BCUT2D eigenvalue weighted by Crippen LogP contribution is 2.35. The van der Waals surface area contributed by atoms with Crippen molar-refractivity contribution in [3.8, 4) is 0 Å². The van der Waals surface area contributed by atoms with Gasteiger partial charge in [-0.25, -0.2) is 9.97 Å². The summed E-state index contributed by atoms with van der Waals surface area (Å²) in [6, 6.07) is 2.32. The summed E-state index contributed by atoms with van der Waals surface area (Å²) in [5.74, 6) is 2.60. The van der Waals surface area contributed by atoms with Gasteiger partial charge in [0.25, 0.3) is 0 Å². The van der Waals surface area contributed by atoms with Crippen LogP contribution >= 0.6 is 0 Å². The average molecular weight is 367 g/mol. The van der Waals surface area contributed by atoms with Crippen LogP contribution in [-0.2, 0) is 4.79 Å². The highest BCUT2D eigenvalue weighted by atomic mass is 16.2. The van der Waals surface area contributed by atoms with Crippen LogP contribution in [0, 0.1) is 12.8 Å². The summed E-state index contributed by atoms with van der Waals surface area (Å²) >= 11 is 0. The van der Waals surface area contributed by atoms with Crippen LogP contribution < -0.4 is 15.5 Å². The van der Waals surface area contributed by atoms with Crippen LogP contribution in [0.4, 0.5) is 5.82 Å². The maximum Gasteiger partial charge on any atom is 0.223 e. The second-order valence-corrected chi connectivity index (χ2v) is 7.80. The molecule has 8 nitrogen and oxygen atoms in total. The molecule has 3 fully saturated rings. The first-order chi connectivity index (χ1) is 13.2. The van der Waals surface area contributed by atoms with Gasteiger partial charge in [0.1, 0.15) is 17.9 Å². The molecule has 2 aromatic rings. The fourth-order valence-electron chi connectivity index (χ4n) is 4.22. The molecule has 27 heavy (non-hydrogen) atoms. The minimum atomic E-state index is -0.0490. The summed E-state index contributed by atoms with van der Waals surface area (Å²) in [6.07, 6.45) is 6.65. The quantitative estimate of drug-likeness (QED) is 0.823. The summed E-state index contributed by atoms with van der Waals surface area (Å²) < 4.78 is 0. The summed E-state index contributed by atoms with van der Waals surface area (Å²) in [5, 5.41) is 7.81. The summed E-state index contributed by atoms with van der Waals surface area (Å²) in [4.78, 5) is 30.1. The normalized spacial score (nSPS) is 27.0. The summed E-state index contributed by atoms with van der Waals surface area (Å²) in [7, 11) is 0. The van der Waals surface area contributed by atoms with Crippen LogP contribution in [0.2, 0.25) is 0 Å². The van der Waals surface area contributed by atoms with Crippen molar-refractivity contribution in [2.45, 2.75) is 38.5 Å².